The van der Waals surface area contributed by atoms with Gasteiger partial charge in [0.2, 0.25) is 0 Å². The molecule has 13 heavy (non-hydrogen) atoms. The summed E-state index contributed by atoms with van der Waals surface area (Å²) in [6.45, 7) is 4.20. The summed E-state index contributed by atoms with van der Waals surface area (Å²) in [7, 11) is 0. The van der Waals surface area contributed by atoms with E-state index in [4.69, 9.17) is 9.47 Å². The third-order valence-electron chi connectivity index (χ3n) is 1.51. The van der Waals surface area contributed by atoms with Crippen LogP contribution in [0.4, 0.5) is 0 Å². The zero-order valence-electron chi connectivity index (χ0n) is 7.79. The Labute approximate surface area is 87.0 Å². The van der Waals surface area contributed by atoms with Crippen LogP contribution in [0.2, 0.25) is 0 Å². The monoisotopic (exact) mass is 244 g/mol. The van der Waals surface area contributed by atoms with Gasteiger partial charge in [-0.2, -0.15) is 0 Å². The molecular weight excluding hydrogens is 232 g/mol. The number of hydrogen-bond acceptors (Lipinski definition) is 2. The van der Waals surface area contributed by atoms with E-state index in [0.717, 1.165) is 5.75 Å². The first-order valence-electron chi connectivity index (χ1n) is 4.13. The molecule has 0 N–H and O–H groups in total. The van der Waals surface area contributed by atoms with Crippen LogP contribution in [0, 0.1) is 6.92 Å². The summed E-state index contributed by atoms with van der Waals surface area (Å²) in [5.74, 6) is 0.841. The molecule has 0 radical (unpaired) electrons. The first kappa shape index (κ1) is 10.5. The maximum absolute atomic E-state index is 5.35. The van der Waals surface area contributed by atoms with Crippen LogP contribution in [0.3, 0.4) is 0 Å². The Hall–Kier alpha value is -0.540. The van der Waals surface area contributed by atoms with E-state index in [1.807, 2.05) is 38.1 Å². The standard InChI is InChI=1S/C10H13BrO2/c1-8-4-3-5-10(6-8)13-7-12-9(2)11/h3-6,9H,7H2,1-2H3. The van der Waals surface area contributed by atoms with Crippen molar-refractivity contribution in [1.82, 2.24) is 0 Å². The summed E-state index contributed by atoms with van der Waals surface area (Å²) in [6.07, 6.45) is 0. The van der Waals surface area contributed by atoms with E-state index >= 15 is 0 Å². The molecule has 72 valence electrons. The minimum Gasteiger partial charge on any atom is -0.468 e. The molecule has 2 nitrogen and oxygen atoms in total. The highest BCUT2D eigenvalue weighted by Gasteiger charge is 1.96. The predicted molar refractivity (Wildman–Crippen MR) is 56.1 cm³/mol. The molecule has 0 aromatic heterocycles. The van der Waals surface area contributed by atoms with E-state index in [2.05, 4.69) is 15.9 Å². The van der Waals surface area contributed by atoms with Crippen LogP contribution in [0.5, 0.6) is 5.75 Å². The van der Waals surface area contributed by atoms with Crippen molar-refractivity contribution in [3.05, 3.63) is 29.8 Å². The molecular formula is C10H13BrO2. The average molecular weight is 245 g/mol. The lowest BCUT2D eigenvalue weighted by molar-refractivity contribution is 0.0105. The number of alkyl halides is 1. The van der Waals surface area contributed by atoms with Crippen LogP contribution in [-0.4, -0.2) is 11.8 Å². The van der Waals surface area contributed by atoms with Crippen LogP contribution in [-0.2, 0) is 4.74 Å². The molecule has 0 bridgehead atoms. The van der Waals surface area contributed by atoms with Gasteiger partial charge in [0, 0.05) is 0 Å². The molecule has 1 unspecified atom stereocenters. The third kappa shape index (κ3) is 4.29. The van der Waals surface area contributed by atoms with Crippen molar-refractivity contribution in [3.63, 3.8) is 0 Å². The Morgan fingerprint density at radius 1 is 1.46 bits per heavy atom. The summed E-state index contributed by atoms with van der Waals surface area (Å²) in [4.78, 5) is 0. The highest BCUT2D eigenvalue weighted by atomic mass is 79.9. The summed E-state index contributed by atoms with van der Waals surface area (Å²) in [5, 5.41) is 0.0253. The van der Waals surface area contributed by atoms with Crippen LogP contribution in [0.25, 0.3) is 0 Å². The van der Waals surface area contributed by atoms with Gasteiger partial charge >= 0.3 is 0 Å². The minimum atomic E-state index is 0.0253. The molecule has 0 fully saturated rings. The molecule has 0 aliphatic carbocycles. The van der Waals surface area contributed by atoms with E-state index in [-0.39, 0.29) is 11.8 Å². The van der Waals surface area contributed by atoms with Gasteiger partial charge in [-0.05, 0) is 31.5 Å². The van der Waals surface area contributed by atoms with Crippen LogP contribution < -0.4 is 4.74 Å². The van der Waals surface area contributed by atoms with Gasteiger partial charge in [-0.15, -0.1) is 0 Å². The fourth-order valence-corrected chi connectivity index (χ4v) is 1.01. The molecule has 0 aliphatic rings. The van der Waals surface area contributed by atoms with Gasteiger partial charge in [-0.25, -0.2) is 0 Å². The summed E-state index contributed by atoms with van der Waals surface area (Å²) < 4.78 is 10.5. The van der Waals surface area contributed by atoms with Crippen molar-refractivity contribution in [2.45, 2.75) is 18.9 Å². The average Bonchev–Trinajstić information content (AvgIpc) is 2.03. The Kier molecular flexibility index (Phi) is 4.25. The lowest BCUT2D eigenvalue weighted by Crippen LogP contribution is -2.06. The Morgan fingerprint density at radius 2 is 2.23 bits per heavy atom. The topological polar surface area (TPSA) is 18.5 Å². The highest BCUT2D eigenvalue weighted by molar-refractivity contribution is 9.09. The number of hydrogen-bond donors (Lipinski definition) is 0. The lowest BCUT2D eigenvalue weighted by Gasteiger charge is -2.08. The van der Waals surface area contributed by atoms with Crippen molar-refractivity contribution < 1.29 is 9.47 Å². The van der Waals surface area contributed by atoms with Crippen molar-refractivity contribution in [3.8, 4) is 5.75 Å². The van der Waals surface area contributed by atoms with Crippen LogP contribution in [0.1, 0.15) is 12.5 Å². The molecule has 3 heteroatoms. The molecule has 1 atom stereocenters. The van der Waals surface area contributed by atoms with Crippen LogP contribution >= 0.6 is 15.9 Å². The zero-order chi connectivity index (χ0) is 9.68. The number of ether oxygens (including phenoxy) is 2. The van der Waals surface area contributed by atoms with Gasteiger partial charge in [-0.1, -0.05) is 28.1 Å². The van der Waals surface area contributed by atoms with Gasteiger partial charge in [0.1, 0.15) is 10.8 Å². The largest absolute Gasteiger partial charge is 0.468 e. The third-order valence-corrected chi connectivity index (χ3v) is 1.78. The Bertz CT molecular complexity index is 261. The zero-order valence-corrected chi connectivity index (χ0v) is 9.37. The lowest BCUT2D eigenvalue weighted by atomic mass is 10.2. The quantitative estimate of drug-likeness (QED) is 0.599. The number of aryl methyl sites for hydroxylation is 1. The molecule has 0 aliphatic heterocycles. The molecule has 0 saturated heterocycles. The van der Waals surface area contributed by atoms with Gasteiger partial charge in [-0.3, -0.25) is 0 Å². The maximum atomic E-state index is 5.35. The number of benzene rings is 1. The first-order chi connectivity index (χ1) is 6.18. The van der Waals surface area contributed by atoms with Crippen LogP contribution in [0.15, 0.2) is 24.3 Å². The summed E-state index contributed by atoms with van der Waals surface area (Å²) in [5.41, 5.74) is 1.18. The first-order valence-corrected chi connectivity index (χ1v) is 5.05. The van der Waals surface area contributed by atoms with E-state index < -0.39 is 0 Å². The van der Waals surface area contributed by atoms with Crippen molar-refractivity contribution in [2.24, 2.45) is 0 Å². The SMILES string of the molecule is Cc1cccc(OCOC(C)Br)c1. The van der Waals surface area contributed by atoms with E-state index in [0.29, 0.717) is 0 Å². The summed E-state index contributed by atoms with van der Waals surface area (Å²) in [6, 6.07) is 7.88. The number of rotatable bonds is 4. The fraction of sp³-hybridized carbons (Fsp3) is 0.400. The smallest absolute Gasteiger partial charge is 0.190 e. The van der Waals surface area contributed by atoms with Gasteiger partial charge in [0.05, 0.1) is 0 Å². The highest BCUT2D eigenvalue weighted by Crippen LogP contribution is 2.12. The fourth-order valence-electron chi connectivity index (χ4n) is 0.901. The van der Waals surface area contributed by atoms with Crippen molar-refractivity contribution in [1.29, 1.82) is 0 Å². The van der Waals surface area contributed by atoms with Gasteiger partial charge in [0.25, 0.3) is 0 Å². The van der Waals surface area contributed by atoms with E-state index in [1.54, 1.807) is 0 Å². The summed E-state index contributed by atoms with van der Waals surface area (Å²) >= 11 is 3.26. The van der Waals surface area contributed by atoms with Crippen molar-refractivity contribution >= 4 is 15.9 Å². The van der Waals surface area contributed by atoms with E-state index in [9.17, 15) is 0 Å². The number of halogens is 1. The van der Waals surface area contributed by atoms with E-state index in [1.165, 1.54) is 5.56 Å². The second kappa shape index (κ2) is 5.25. The van der Waals surface area contributed by atoms with Gasteiger partial charge in [0.15, 0.2) is 6.79 Å². The normalized spacial score (nSPS) is 12.5. The molecule has 1 aromatic rings. The predicted octanol–water partition coefficient (Wildman–Crippen LogP) is 3.09. The Morgan fingerprint density at radius 3 is 2.85 bits per heavy atom. The molecule has 1 rings (SSSR count). The van der Waals surface area contributed by atoms with Gasteiger partial charge < -0.3 is 9.47 Å². The minimum absolute atomic E-state index is 0.0253. The molecule has 0 spiro atoms. The molecule has 0 heterocycles. The second-order valence-electron chi connectivity index (χ2n) is 2.79. The second-order valence-corrected chi connectivity index (χ2v) is 4.08. The maximum Gasteiger partial charge on any atom is 0.190 e. The Balaban J connectivity index is 2.37. The van der Waals surface area contributed by atoms with Crippen molar-refractivity contribution in [2.75, 3.05) is 6.79 Å². The molecule has 0 amide bonds. The molecule has 1 aromatic carbocycles. The molecule has 0 saturated carbocycles.